The van der Waals surface area contributed by atoms with E-state index in [1.165, 1.54) is 0 Å². The molecule has 0 amide bonds. The summed E-state index contributed by atoms with van der Waals surface area (Å²) in [6.07, 6.45) is 1.70. The summed E-state index contributed by atoms with van der Waals surface area (Å²) in [5.41, 5.74) is 10.9. The second-order valence-corrected chi connectivity index (χ2v) is 5.86. The molecule has 1 heterocycles. The van der Waals surface area contributed by atoms with Gasteiger partial charge in [0, 0.05) is 31.1 Å². The van der Waals surface area contributed by atoms with Crippen LogP contribution in [0.25, 0.3) is 10.9 Å². The van der Waals surface area contributed by atoms with E-state index in [0.717, 1.165) is 31.1 Å². The maximum Gasteiger partial charge on any atom is 0.184 e. The van der Waals surface area contributed by atoms with Crippen molar-refractivity contribution in [1.29, 1.82) is 0 Å². The number of nitrogens with one attached hydrogen (secondary N) is 2. The van der Waals surface area contributed by atoms with Crippen molar-refractivity contribution < 1.29 is 0 Å². The molecular weight excluding hydrogens is 380 g/mol. The first kappa shape index (κ1) is 13.5. The van der Waals surface area contributed by atoms with E-state index in [0.29, 0.717) is 0 Å². The van der Waals surface area contributed by atoms with Crippen molar-refractivity contribution in [1.82, 2.24) is 10.4 Å². The zero-order valence-electron chi connectivity index (χ0n) is 9.42. The number of hydrogen-bond donors (Lipinski definition) is 3. The molecule has 0 fully saturated rings. The molecular formula is C11H10Br2N4S. The summed E-state index contributed by atoms with van der Waals surface area (Å²) in [7, 11) is 0. The second kappa shape index (κ2) is 5.38. The summed E-state index contributed by atoms with van der Waals surface area (Å²) >= 11 is 11.7. The van der Waals surface area contributed by atoms with Crippen LogP contribution in [-0.4, -0.2) is 16.3 Å². The van der Waals surface area contributed by atoms with Crippen LogP contribution in [0.4, 0.5) is 0 Å². The van der Waals surface area contributed by atoms with Crippen LogP contribution in [-0.2, 0) is 0 Å². The van der Waals surface area contributed by atoms with Gasteiger partial charge < -0.3 is 10.7 Å². The number of halogens is 2. The number of hydrogen-bond acceptors (Lipinski definition) is 2. The highest BCUT2D eigenvalue weighted by Gasteiger charge is 2.09. The second-order valence-electron chi connectivity index (χ2n) is 3.71. The molecule has 0 atom stereocenters. The molecule has 4 N–H and O–H groups in total. The number of aromatic amines is 1. The Morgan fingerprint density at radius 3 is 2.78 bits per heavy atom. The third-order valence-corrected chi connectivity index (χ3v) is 4.38. The minimum absolute atomic E-state index is 0.146. The number of aryl methyl sites for hydroxylation is 1. The Bertz CT molecular complexity index is 648. The minimum atomic E-state index is 0.146. The van der Waals surface area contributed by atoms with Crippen molar-refractivity contribution in [3.63, 3.8) is 0 Å². The van der Waals surface area contributed by atoms with E-state index in [9.17, 15) is 0 Å². The highest BCUT2D eigenvalue weighted by atomic mass is 79.9. The molecule has 0 saturated carbocycles. The molecule has 0 aliphatic heterocycles. The molecule has 4 nitrogen and oxygen atoms in total. The Morgan fingerprint density at radius 2 is 2.11 bits per heavy atom. The third kappa shape index (κ3) is 2.73. The Morgan fingerprint density at radius 1 is 1.44 bits per heavy atom. The smallest absolute Gasteiger partial charge is 0.184 e. The monoisotopic (exact) mass is 388 g/mol. The first-order chi connectivity index (χ1) is 8.49. The fraction of sp³-hybridized carbons (Fsp3) is 0.0909. The van der Waals surface area contributed by atoms with Gasteiger partial charge in [0.2, 0.25) is 0 Å². The highest BCUT2D eigenvalue weighted by Crippen LogP contribution is 2.30. The van der Waals surface area contributed by atoms with Gasteiger partial charge in [0.15, 0.2) is 5.11 Å². The average Bonchev–Trinajstić information content (AvgIpc) is 2.56. The zero-order chi connectivity index (χ0) is 13.3. The van der Waals surface area contributed by atoms with Crippen LogP contribution >= 0.6 is 44.1 Å². The fourth-order valence-electron chi connectivity index (χ4n) is 1.67. The molecule has 0 unspecified atom stereocenters. The van der Waals surface area contributed by atoms with E-state index in [1.807, 2.05) is 19.1 Å². The zero-order valence-corrected chi connectivity index (χ0v) is 13.4. The molecule has 0 saturated heterocycles. The summed E-state index contributed by atoms with van der Waals surface area (Å²) in [6, 6.07) is 4.05. The van der Waals surface area contributed by atoms with Gasteiger partial charge in [-0.2, -0.15) is 5.10 Å². The van der Waals surface area contributed by atoms with E-state index in [2.05, 4.69) is 59.6 Å². The molecule has 1 aromatic heterocycles. The fourth-order valence-corrected chi connectivity index (χ4v) is 2.41. The molecule has 0 aliphatic carbocycles. The lowest BCUT2D eigenvalue weighted by Crippen LogP contribution is -2.24. The van der Waals surface area contributed by atoms with Crippen LogP contribution in [0.15, 0.2) is 26.2 Å². The largest absolute Gasteiger partial charge is 0.375 e. The molecule has 0 bridgehead atoms. The third-order valence-electron chi connectivity index (χ3n) is 2.45. The van der Waals surface area contributed by atoms with Crippen LogP contribution in [0.5, 0.6) is 0 Å². The van der Waals surface area contributed by atoms with Crippen molar-refractivity contribution in [3.8, 4) is 0 Å². The normalized spacial score (nSPS) is 11.3. The standard InChI is InChI=1S/C11H10Br2N4S/c1-5-7(4-15-17-11(14)18)6-2-8(12)9(13)3-10(6)16-5/h2-4,16H,1H3,(H3,14,17,18). The summed E-state index contributed by atoms with van der Waals surface area (Å²) in [5, 5.41) is 5.21. The van der Waals surface area contributed by atoms with E-state index in [1.54, 1.807) is 6.21 Å². The molecule has 7 heteroatoms. The average molecular weight is 390 g/mol. The van der Waals surface area contributed by atoms with Gasteiger partial charge in [-0.05, 0) is 63.1 Å². The maximum atomic E-state index is 5.31. The van der Waals surface area contributed by atoms with Gasteiger partial charge in [0.05, 0.1) is 6.21 Å². The number of fused-ring (bicyclic) bond motifs is 1. The van der Waals surface area contributed by atoms with E-state index >= 15 is 0 Å². The van der Waals surface area contributed by atoms with Gasteiger partial charge in [-0.25, -0.2) is 0 Å². The van der Waals surface area contributed by atoms with Crippen molar-refractivity contribution >= 4 is 66.3 Å². The SMILES string of the molecule is Cc1[nH]c2cc(Br)c(Br)cc2c1C=NNC(N)=S. The Balaban J connectivity index is 2.50. The van der Waals surface area contributed by atoms with Gasteiger partial charge in [-0.1, -0.05) is 0 Å². The van der Waals surface area contributed by atoms with Crippen LogP contribution in [0, 0.1) is 6.92 Å². The number of nitrogens with two attached hydrogens (primary N) is 1. The van der Waals surface area contributed by atoms with E-state index in [4.69, 9.17) is 5.73 Å². The first-order valence-corrected chi connectivity index (χ1v) is 7.04. The lowest BCUT2D eigenvalue weighted by molar-refractivity contribution is 1.04. The Hall–Kier alpha value is -0.920. The predicted molar refractivity (Wildman–Crippen MR) is 86.0 cm³/mol. The molecule has 2 rings (SSSR count). The predicted octanol–water partition coefficient (Wildman–Crippen LogP) is 3.17. The number of aromatic nitrogens is 1. The summed E-state index contributed by atoms with van der Waals surface area (Å²) in [6.45, 7) is 1.99. The first-order valence-electron chi connectivity index (χ1n) is 5.05. The molecule has 0 spiro atoms. The van der Waals surface area contributed by atoms with Gasteiger partial charge >= 0.3 is 0 Å². The van der Waals surface area contributed by atoms with Crippen LogP contribution in [0.3, 0.4) is 0 Å². The van der Waals surface area contributed by atoms with Crippen LogP contribution in [0.1, 0.15) is 11.3 Å². The van der Waals surface area contributed by atoms with Gasteiger partial charge in [-0.3, -0.25) is 5.43 Å². The number of H-pyrrole nitrogens is 1. The molecule has 0 radical (unpaired) electrons. The minimum Gasteiger partial charge on any atom is -0.375 e. The number of benzene rings is 1. The molecule has 0 aliphatic rings. The quantitative estimate of drug-likeness (QED) is 0.420. The van der Waals surface area contributed by atoms with E-state index < -0.39 is 0 Å². The Labute approximate surface area is 126 Å². The van der Waals surface area contributed by atoms with Crippen molar-refractivity contribution in [2.24, 2.45) is 10.8 Å². The summed E-state index contributed by atoms with van der Waals surface area (Å²) < 4.78 is 1.99. The number of thiocarbonyl (C=S) groups is 1. The highest BCUT2D eigenvalue weighted by molar-refractivity contribution is 9.13. The maximum absolute atomic E-state index is 5.31. The van der Waals surface area contributed by atoms with E-state index in [-0.39, 0.29) is 5.11 Å². The lowest BCUT2D eigenvalue weighted by atomic mass is 10.1. The van der Waals surface area contributed by atoms with Crippen LogP contribution < -0.4 is 11.2 Å². The summed E-state index contributed by atoms with van der Waals surface area (Å²) in [5.74, 6) is 0. The number of rotatable bonds is 2. The number of nitrogens with zero attached hydrogens (tertiary/aromatic N) is 1. The lowest BCUT2D eigenvalue weighted by Gasteiger charge is -1.98. The van der Waals surface area contributed by atoms with Crippen molar-refractivity contribution in [2.75, 3.05) is 0 Å². The molecule has 94 valence electrons. The summed E-state index contributed by atoms with van der Waals surface area (Å²) in [4.78, 5) is 3.30. The van der Waals surface area contributed by atoms with Crippen LogP contribution in [0.2, 0.25) is 0 Å². The van der Waals surface area contributed by atoms with Gasteiger partial charge in [0.1, 0.15) is 0 Å². The van der Waals surface area contributed by atoms with Gasteiger partial charge in [-0.15, -0.1) is 0 Å². The molecule has 2 aromatic rings. The van der Waals surface area contributed by atoms with Crippen molar-refractivity contribution in [2.45, 2.75) is 6.92 Å². The van der Waals surface area contributed by atoms with Crippen molar-refractivity contribution in [3.05, 3.63) is 32.3 Å². The van der Waals surface area contributed by atoms with Gasteiger partial charge in [0.25, 0.3) is 0 Å². The molecule has 18 heavy (non-hydrogen) atoms. The number of hydrazone groups is 1. The Kier molecular flexibility index (Phi) is 4.04. The topological polar surface area (TPSA) is 66.2 Å². The molecule has 1 aromatic carbocycles.